The van der Waals surface area contributed by atoms with Crippen LogP contribution in [0.2, 0.25) is 0 Å². The van der Waals surface area contributed by atoms with Gasteiger partial charge in [-0.15, -0.1) is 0 Å². The van der Waals surface area contributed by atoms with Crippen molar-refractivity contribution in [1.82, 2.24) is 0 Å². The highest BCUT2D eigenvalue weighted by molar-refractivity contribution is 5.76. The Labute approximate surface area is 61.6 Å². The Bertz CT molecular complexity index is 172. The van der Waals surface area contributed by atoms with Gasteiger partial charge in [0.05, 0.1) is 6.42 Å². The van der Waals surface area contributed by atoms with E-state index in [1.54, 1.807) is 6.92 Å². The average molecular weight is 140 g/mol. The Hall–Kier alpha value is -0.660. The van der Waals surface area contributed by atoms with E-state index < -0.39 is 0 Å². The van der Waals surface area contributed by atoms with Crippen LogP contribution in [-0.2, 0) is 4.79 Å². The zero-order valence-corrected chi connectivity index (χ0v) is 6.63. The van der Waals surface area contributed by atoms with Crippen molar-refractivity contribution in [3.8, 4) is 0 Å². The lowest BCUT2D eigenvalue weighted by Crippen LogP contribution is -2.20. The van der Waals surface area contributed by atoms with E-state index in [2.05, 4.69) is 10.8 Å². The molecule has 1 unspecified atom stereocenters. The fourth-order valence-electron chi connectivity index (χ4n) is 1.40. The van der Waals surface area contributed by atoms with Crippen LogP contribution >= 0.6 is 0 Å². The van der Waals surface area contributed by atoms with Crippen molar-refractivity contribution in [1.29, 1.82) is 0 Å². The van der Waals surface area contributed by atoms with Gasteiger partial charge in [-0.2, -0.15) is 0 Å². The molecule has 0 fully saturated rings. The fraction of sp³-hybridized carbons (Fsp3) is 0.750. The molecule has 2 nitrogen and oxygen atoms in total. The highest BCUT2D eigenvalue weighted by Gasteiger charge is 2.23. The maximum atomic E-state index is 10.7. The Kier molecular flexibility index (Phi) is 2.20. The van der Waals surface area contributed by atoms with Gasteiger partial charge in [0, 0.05) is 12.8 Å². The first-order valence-electron chi connectivity index (χ1n) is 3.75. The predicted molar refractivity (Wildman–Crippen MR) is 40.6 cm³/mol. The first-order chi connectivity index (χ1) is 4.70. The van der Waals surface area contributed by atoms with E-state index in [1.165, 1.54) is 0 Å². The van der Waals surface area contributed by atoms with Crippen LogP contribution in [-0.4, -0.2) is 29.7 Å². The number of ketones is 1. The third-order valence-electron chi connectivity index (χ3n) is 2.02. The zero-order chi connectivity index (χ0) is 7.56. The van der Waals surface area contributed by atoms with Crippen molar-refractivity contribution in [2.75, 3.05) is 7.05 Å². The van der Waals surface area contributed by atoms with E-state index in [1.807, 2.05) is 7.05 Å². The number of hydrogen-bond donors (Lipinski definition) is 0. The van der Waals surface area contributed by atoms with Crippen LogP contribution in [0, 0.1) is 0 Å². The summed E-state index contributed by atoms with van der Waals surface area (Å²) in [5.74, 6) is 0.298. The van der Waals surface area contributed by atoms with Crippen molar-refractivity contribution in [2.45, 2.75) is 32.2 Å². The molecule has 56 valence electrons. The molecule has 10 heavy (non-hydrogen) atoms. The Morgan fingerprint density at radius 3 is 2.90 bits per heavy atom. The minimum absolute atomic E-state index is 0.298. The maximum absolute atomic E-state index is 10.7. The van der Waals surface area contributed by atoms with Crippen LogP contribution in [0.1, 0.15) is 26.2 Å². The van der Waals surface area contributed by atoms with Crippen LogP contribution in [0.4, 0.5) is 0 Å². The van der Waals surface area contributed by atoms with Gasteiger partial charge in [-0.3, -0.25) is 4.79 Å². The molecule has 0 aromatic heterocycles. The van der Waals surface area contributed by atoms with Crippen LogP contribution in [0.25, 0.3) is 0 Å². The summed E-state index contributed by atoms with van der Waals surface area (Å²) in [6.07, 6.45) is 5.16. The molecule has 2 heteroatoms. The largest absolute Gasteiger partial charge is 0.300 e. The number of Topliss-reactive ketones (excluding diaryl/α,β-unsaturated/α-hetero) is 1. The first kappa shape index (κ1) is 7.45. The van der Waals surface area contributed by atoms with E-state index in [4.69, 9.17) is 0 Å². The lowest BCUT2D eigenvalue weighted by Gasteiger charge is -2.02. The Morgan fingerprint density at radius 2 is 2.50 bits per heavy atom. The average Bonchev–Trinajstić information content (AvgIpc) is 2.15. The number of carbonyl (C=O) groups is 1. The lowest BCUT2D eigenvalue weighted by molar-refractivity contribution is -0.524. The molecule has 1 rings (SSSR count). The summed E-state index contributed by atoms with van der Waals surface area (Å²) < 4.78 is 2.15. The van der Waals surface area contributed by atoms with E-state index in [0.29, 0.717) is 18.2 Å². The SMILES string of the molecule is CC(=O)CC1CCC=[N+]1C. The Balaban J connectivity index is 2.43. The second-order valence-electron chi connectivity index (χ2n) is 2.99. The summed E-state index contributed by atoms with van der Waals surface area (Å²) >= 11 is 0. The topological polar surface area (TPSA) is 20.1 Å². The molecule has 0 spiro atoms. The highest BCUT2D eigenvalue weighted by atomic mass is 16.1. The van der Waals surface area contributed by atoms with E-state index >= 15 is 0 Å². The van der Waals surface area contributed by atoms with Gasteiger partial charge in [-0.25, -0.2) is 4.58 Å². The molecule has 0 saturated carbocycles. The van der Waals surface area contributed by atoms with Crippen molar-refractivity contribution < 1.29 is 9.37 Å². The summed E-state index contributed by atoms with van der Waals surface area (Å²) in [5, 5.41) is 0. The monoisotopic (exact) mass is 140 g/mol. The van der Waals surface area contributed by atoms with Gasteiger partial charge in [-0.05, 0) is 6.92 Å². The molecule has 0 saturated heterocycles. The van der Waals surface area contributed by atoms with Crippen LogP contribution < -0.4 is 0 Å². The molecule has 1 aliphatic rings. The van der Waals surface area contributed by atoms with E-state index in [-0.39, 0.29) is 0 Å². The van der Waals surface area contributed by atoms with Crippen molar-refractivity contribution in [3.05, 3.63) is 0 Å². The van der Waals surface area contributed by atoms with Gasteiger partial charge in [0.1, 0.15) is 19.0 Å². The van der Waals surface area contributed by atoms with Gasteiger partial charge in [0.2, 0.25) is 0 Å². The molecule has 0 aromatic carbocycles. The molecule has 1 heterocycles. The molecular formula is C8H14NO+. The van der Waals surface area contributed by atoms with Gasteiger partial charge in [-0.1, -0.05) is 0 Å². The molecule has 1 aliphatic heterocycles. The Morgan fingerprint density at radius 1 is 1.80 bits per heavy atom. The van der Waals surface area contributed by atoms with Crippen LogP contribution in [0.3, 0.4) is 0 Å². The second kappa shape index (κ2) is 2.95. The van der Waals surface area contributed by atoms with E-state index in [0.717, 1.165) is 12.8 Å². The van der Waals surface area contributed by atoms with Gasteiger partial charge in [0.25, 0.3) is 0 Å². The first-order valence-corrected chi connectivity index (χ1v) is 3.75. The maximum Gasteiger partial charge on any atom is 0.159 e. The normalized spacial score (nSPS) is 24.6. The lowest BCUT2D eigenvalue weighted by atomic mass is 10.1. The number of carbonyl (C=O) groups excluding carboxylic acids is 1. The van der Waals surface area contributed by atoms with Crippen molar-refractivity contribution in [2.24, 2.45) is 0 Å². The molecule has 0 aliphatic carbocycles. The summed E-state index contributed by atoms with van der Waals surface area (Å²) in [7, 11) is 2.04. The molecule has 0 radical (unpaired) electrons. The molecule has 1 atom stereocenters. The third kappa shape index (κ3) is 1.66. The summed E-state index contributed by atoms with van der Waals surface area (Å²) in [6, 6.07) is 0.484. The second-order valence-corrected chi connectivity index (χ2v) is 2.99. The predicted octanol–water partition coefficient (Wildman–Crippen LogP) is 0.841. The minimum atomic E-state index is 0.298. The van der Waals surface area contributed by atoms with Gasteiger partial charge >= 0.3 is 0 Å². The smallest absolute Gasteiger partial charge is 0.159 e. The number of rotatable bonds is 2. The third-order valence-corrected chi connectivity index (χ3v) is 2.02. The fourth-order valence-corrected chi connectivity index (χ4v) is 1.40. The zero-order valence-electron chi connectivity index (χ0n) is 6.63. The van der Waals surface area contributed by atoms with E-state index in [9.17, 15) is 4.79 Å². The molecule has 0 amide bonds. The van der Waals surface area contributed by atoms with Crippen molar-refractivity contribution in [3.63, 3.8) is 0 Å². The van der Waals surface area contributed by atoms with Crippen LogP contribution in [0.15, 0.2) is 0 Å². The standard InChI is InChI=1S/C8H14NO/c1-7(10)6-8-4-3-5-9(8)2/h5,8H,3-4,6H2,1-2H3/q+1. The number of nitrogens with zero attached hydrogens (tertiary/aromatic N) is 1. The van der Waals surface area contributed by atoms with Crippen LogP contribution in [0.5, 0.6) is 0 Å². The highest BCUT2D eigenvalue weighted by Crippen LogP contribution is 2.10. The quantitative estimate of drug-likeness (QED) is 0.520. The summed E-state index contributed by atoms with van der Waals surface area (Å²) in [6.45, 7) is 1.66. The molecule has 0 aromatic rings. The van der Waals surface area contributed by atoms with Gasteiger partial charge in [0.15, 0.2) is 6.04 Å². The number of hydrogen-bond acceptors (Lipinski definition) is 1. The van der Waals surface area contributed by atoms with Gasteiger partial charge < -0.3 is 0 Å². The molecule has 0 bridgehead atoms. The summed E-state index contributed by atoms with van der Waals surface area (Å²) in [5.41, 5.74) is 0. The summed E-state index contributed by atoms with van der Waals surface area (Å²) in [4.78, 5) is 10.7. The van der Waals surface area contributed by atoms with Crippen molar-refractivity contribution >= 4 is 12.0 Å². The minimum Gasteiger partial charge on any atom is -0.300 e. The molecule has 0 N–H and O–H groups in total. The molecular weight excluding hydrogens is 126 g/mol.